The fourth-order valence-corrected chi connectivity index (χ4v) is 2.58. The third-order valence-corrected chi connectivity index (χ3v) is 3.78. The van der Waals surface area contributed by atoms with E-state index in [0.717, 1.165) is 23.7 Å². The van der Waals surface area contributed by atoms with E-state index in [9.17, 15) is 4.79 Å². The summed E-state index contributed by atoms with van der Waals surface area (Å²) >= 11 is 0. The van der Waals surface area contributed by atoms with E-state index >= 15 is 0 Å². The fraction of sp³-hybridized carbons (Fsp3) is 0.263. The molecule has 0 saturated carbocycles. The van der Waals surface area contributed by atoms with Crippen LogP contribution in [0.1, 0.15) is 23.0 Å². The van der Waals surface area contributed by atoms with Crippen LogP contribution in [0, 0.1) is 6.92 Å². The molecule has 2 aromatic heterocycles. The highest BCUT2D eigenvalue weighted by Gasteiger charge is 2.07. The van der Waals surface area contributed by atoms with Crippen LogP contribution >= 0.6 is 0 Å². The highest BCUT2D eigenvalue weighted by Crippen LogP contribution is 2.10. The molecule has 8 heteroatoms. The predicted molar refractivity (Wildman–Crippen MR) is 105 cm³/mol. The predicted octanol–water partition coefficient (Wildman–Crippen LogP) is 2.24. The lowest BCUT2D eigenvalue weighted by Gasteiger charge is -2.10. The first kappa shape index (κ1) is 18.4. The van der Waals surface area contributed by atoms with Gasteiger partial charge in [0.05, 0.1) is 5.69 Å². The lowest BCUT2D eigenvalue weighted by Crippen LogP contribution is -2.29. The second-order valence-electron chi connectivity index (χ2n) is 5.93. The molecule has 8 nitrogen and oxygen atoms in total. The smallest absolute Gasteiger partial charge is 0.251 e. The normalized spacial score (nSPS) is 10.4. The standard InChI is InChI=1S/C19H23N7O/c1-3-20-17-12-14(2)24-19(25-17)22-10-9-21-18(27)15-6-4-7-16(13-15)26-11-5-8-23-26/h4-8,11-13H,3,9-10H2,1-2H3,(H,21,27)(H2,20,22,24,25). The molecule has 0 aliphatic carbocycles. The first-order valence-corrected chi connectivity index (χ1v) is 8.87. The zero-order valence-electron chi connectivity index (χ0n) is 15.4. The van der Waals surface area contributed by atoms with Crippen molar-refractivity contribution < 1.29 is 4.79 Å². The highest BCUT2D eigenvalue weighted by atomic mass is 16.1. The number of nitrogens with one attached hydrogen (secondary N) is 3. The van der Waals surface area contributed by atoms with Gasteiger partial charge in [0.1, 0.15) is 5.82 Å². The summed E-state index contributed by atoms with van der Waals surface area (Å²) < 4.78 is 1.72. The van der Waals surface area contributed by atoms with Gasteiger partial charge in [-0.2, -0.15) is 10.1 Å². The van der Waals surface area contributed by atoms with Gasteiger partial charge < -0.3 is 16.0 Å². The maximum atomic E-state index is 12.4. The van der Waals surface area contributed by atoms with Gasteiger partial charge >= 0.3 is 0 Å². The number of anilines is 2. The summed E-state index contributed by atoms with van der Waals surface area (Å²) in [7, 11) is 0. The lowest BCUT2D eigenvalue weighted by atomic mass is 10.2. The Morgan fingerprint density at radius 1 is 1.11 bits per heavy atom. The third-order valence-electron chi connectivity index (χ3n) is 3.78. The monoisotopic (exact) mass is 365 g/mol. The molecule has 3 aromatic rings. The molecule has 0 aliphatic heterocycles. The number of benzene rings is 1. The molecule has 0 spiro atoms. The molecule has 0 unspecified atom stereocenters. The van der Waals surface area contributed by atoms with Crippen LogP contribution in [0.5, 0.6) is 0 Å². The summed E-state index contributed by atoms with van der Waals surface area (Å²) in [6, 6.07) is 11.1. The van der Waals surface area contributed by atoms with E-state index in [1.165, 1.54) is 0 Å². The van der Waals surface area contributed by atoms with Gasteiger partial charge in [0.2, 0.25) is 5.95 Å². The molecule has 0 aliphatic rings. The Morgan fingerprint density at radius 3 is 2.78 bits per heavy atom. The molecule has 27 heavy (non-hydrogen) atoms. The second kappa shape index (κ2) is 8.79. The molecule has 1 amide bonds. The van der Waals surface area contributed by atoms with Crippen LogP contribution in [0.2, 0.25) is 0 Å². The van der Waals surface area contributed by atoms with Crippen molar-refractivity contribution in [3.05, 3.63) is 60.0 Å². The van der Waals surface area contributed by atoms with E-state index in [1.54, 1.807) is 16.9 Å². The summed E-state index contributed by atoms with van der Waals surface area (Å²) in [5.74, 6) is 1.19. The van der Waals surface area contributed by atoms with Crippen molar-refractivity contribution >= 4 is 17.7 Å². The average Bonchev–Trinajstić information content (AvgIpc) is 3.20. The lowest BCUT2D eigenvalue weighted by molar-refractivity contribution is 0.0955. The van der Waals surface area contributed by atoms with E-state index in [2.05, 4.69) is 31.0 Å². The maximum Gasteiger partial charge on any atom is 0.251 e. The quantitative estimate of drug-likeness (QED) is 0.530. The van der Waals surface area contributed by atoms with Gasteiger partial charge in [-0.05, 0) is 38.1 Å². The van der Waals surface area contributed by atoms with Crippen molar-refractivity contribution in [2.24, 2.45) is 0 Å². The summed E-state index contributed by atoms with van der Waals surface area (Å²) in [5.41, 5.74) is 2.31. The van der Waals surface area contributed by atoms with E-state index in [-0.39, 0.29) is 5.91 Å². The van der Waals surface area contributed by atoms with Crippen molar-refractivity contribution in [3.63, 3.8) is 0 Å². The van der Waals surface area contributed by atoms with Crippen molar-refractivity contribution in [3.8, 4) is 5.69 Å². The molecule has 0 bridgehead atoms. The number of aromatic nitrogens is 4. The molecule has 140 valence electrons. The molecule has 0 fully saturated rings. The first-order chi connectivity index (χ1) is 13.2. The van der Waals surface area contributed by atoms with Gasteiger partial charge in [0.25, 0.3) is 5.91 Å². The van der Waals surface area contributed by atoms with E-state index in [1.807, 2.05) is 50.4 Å². The molecule has 1 aromatic carbocycles. The van der Waals surface area contributed by atoms with Crippen molar-refractivity contribution in [2.75, 3.05) is 30.3 Å². The van der Waals surface area contributed by atoms with Crippen molar-refractivity contribution in [1.29, 1.82) is 0 Å². The molecule has 0 radical (unpaired) electrons. The summed E-state index contributed by atoms with van der Waals surface area (Å²) in [6.45, 7) is 5.71. The minimum atomic E-state index is -0.135. The van der Waals surface area contributed by atoms with Gasteiger partial charge in [-0.1, -0.05) is 6.07 Å². The molecule has 3 rings (SSSR count). The Labute approximate surface area is 158 Å². The van der Waals surface area contributed by atoms with Gasteiger partial charge in [0.15, 0.2) is 0 Å². The minimum absolute atomic E-state index is 0.135. The third kappa shape index (κ3) is 5.04. The van der Waals surface area contributed by atoms with E-state index in [4.69, 9.17) is 0 Å². The Morgan fingerprint density at radius 2 is 2.00 bits per heavy atom. The number of nitrogens with zero attached hydrogens (tertiary/aromatic N) is 4. The van der Waals surface area contributed by atoms with Gasteiger partial charge in [-0.25, -0.2) is 9.67 Å². The molecule has 2 heterocycles. The second-order valence-corrected chi connectivity index (χ2v) is 5.93. The van der Waals surface area contributed by atoms with Gasteiger partial charge in [-0.3, -0.25) is 4.79 Å². The number of carbonyl (C=O) groups excluding carboxylic acids is 1. The molecule has 3 N–H and O–H groups in total. The molecular weight excluding hydrogens is 342 g/mol. The average molecular weight is 365 g/mol. The highest BCUT2D eigenvalue weighted by molar-refractivity contribution is 5.94. The Hall–Kier alpha value is -3.42. The first-order valence-electron chi connectivity index (χ1n) is 8.87. The number of hydrogen-bond donors (Lipinski definition) is 3. The van der Waals surface area contributed by atoms with Gasteiger partial charge in [-0.15, -0.1) is 0 Å². The van der Waals surface area contributed by atoms with Crippen LogP contribution in [-0.4, -0.2) is 45.3 Å². The van der Waals surface area contributed by atoms with Crippen LogP contribution in [0.15, 0.2) is 48.8 Å². The fourth-order valence-electron chi connectivity index (χ4n) is 2.58. The van der Waals surface area contributed by atoms with Gasteiger partial charge in [0, 0.05) is 49.4 Å². The molecule has 0 saturated heterocycles. The Kier molecular flexibility index (Phi) is 5.98. The molecular formula is C19H23N7O. The van der Waals surface area contributed by atoms with Crippen LogP contribution in [0.4, 0.5) is 11.8 Å². The number of carbonyl (C=O) groups is 1. The van der Waals surface area contributed by atoms with E-state index in [0.29, 0.717) is 24.6 Å². The van der Waals surface area contributed by atoms with Crippen LogP contribution in [0.3, 0.4) is 0 Å². The van der Waals surface area contributed by atoms with Crippen LogP contribution < -0.4 is 16.0 Å². The summed E-state index contributed by atoms with van der Waals surface area (Å²) in [6.07, 6.45) is 3.54. The number of rotatable bonds is 8. The van der Waals surface area contributed by atoms with E-state index < -0.39 is 0 Å². The van der Waals surface area contributed by atoms with Crippen molar-refractivity contribution in [1.82, 2.24) is 25.1 Å². The number of amides is 1. The summed E-state index contributed by atoms with van der Waals surface area (Å²) in [4.78, 5) is 21.1. The Balaban J connectivity index is 1.52. The van der Waals surface area contributed by atoms with Crippen LogP contribution in [-0.2, 0) is 0 Å². The Bertz CT molecular complexity index is 893. The minimum Gasteiger partial charge on any atom is -0.370 e. The number of hydrogen-bond acceptors (Lipinski definition) is 6. The zero-order valence-corrected chi connectivity index (χ0v) is 15.4. The van der Waals surface area contributed by atoms with Crippen molar-refractivity contribution in [2.45, 2.75) is 13.8 Å². The SMILES string of the molecule is CCNc1cc(C)nc(NCCNC(=O)c2cccc(-n3cccn3)c2)n1. The number of aryl methyl sites for hydroxylation is 1. The topological polar surface area (TPSA) is 96.8 Å². The zero-order chi connectivity index (χ0) is 19.1. The maximum absolute atomic E-state index is 12.4. The largest absolute Gasteiger partial charge is 0.370 e. The van der Waals surface area contributed by atoms with Crippen LogP contribution in [0.25, 0.3) is 5.69 Å². The molecule has 0 atom stereocenters. The summed E-state index contributed by atoms with van der Waals surface area (Å²) in [5, 5.41) is 13.4.